The summed E-state index contributed by atoms with van der Waals surface area (Å²) in [6.07, 6.45) is 0.696. The van der Waals surface area contributed by atoms with E-state index in [-0.39, 0.29) is 5.75 Å². The molecule has 0 unspecified atom stereocenters. The van der Waals surface area contributed by atoms with Gasteiger partial charge in [-0.2, -0.15) is 4.31 Å². The van der Waals surface area contributed by atoms with Gasteiger partial charge in [-0.1, -0.05) is 91.0 Å². The predicted molar refractivity (Wildman–Crippen MR) is 106 cm³/mol. The van der Waals surface area contributed by atoms with Crippen molar-refractivity contribution in [2.75, 3.05) is 6.54 Å². The first-order valence-electron chi connectivity index (χ1n) is 8.73. The second kappa shape index (κ2) is 8.79. The Bertz CT molecular complexity index is 895. The number of benzene rings is 3. The maximum absolute atomic E-state index is 13.1. The van der Waals surface area contributed by atoms with Crippen molar-refractivity contribution in [3.8, 4) is 0 Å². The van der Waals surface area contributed by atoms with E-state index < -0.39 is 10.0 Å². The minimum absolute atomic E-state index is 0.0233. The molecule has 3 aromatic rings. The molecule has 0 aliphatic carbocycles. The van der Waals surface area contributed by atoms with Crippen LogP contribution in [0.3, 0.4) is 0 Å². The molecule has 0 saturated heterocycles. The summed E-state index contributed by atoms with van der Waals surface area (Å²) >= 11 is 0. The first-order valence-corrected chi connectivity index (χ1v) is 10.3. The van der Waals surface area contributed by atoms with E-state index in [4.69, 9.17) is 0 Å². The largest absolute Gasteiger partial charge is 0.218 e. The number of sulfonamides is 1. The van der Waals surface area contributed by atoms with Crippen LogP contribution < -0.4 is 0 Å². The smallest absolute Gasteiger partial charge is 0.212 e. The van der Waals surface area contributed by atoms with Gasteiger partial charge in [0.2, 0.25) is 10.0 Å². The molecule has 0 heterocycles. The molecule has 0 saturated carbocycles. The Hall–Kier alpha value is -2.43. The summed E-state index contributed by atoms with van der Waals surface area (Å²) in [5, 5.41) is 0. The van der Waals surface area contributed by atoms with E-state index in [1.165, 1.54) is 0 Å². The van der Waals surface area contributed by atoms with Crippen LogP contribution in [0.1, 0.15) is 16.7 Å². The summed E-state index contributed by atoms with van der Waals surface area (Å²) in [6, 6.07) is 29.1. The molecule has 4 heteroatoms. The third-order valence-corrected chi connectivity index (χ3v) is 6.08. The molecular weight excluding hydrogens is 342 g/mol. The highest BCUT2D eigenvalue weighted by atomic mass is 32.2. The summed E-state index contributed by atoms with van der Waals surface area (Å²) in [5.74, 6) is 0.0233. The molecule has 0 bridgehead atoms. The molecule has 0 spiro atoms. The highest BCUT2D eigenvalue weighted by molar-refractivity contribution is 7.88. The molecule has 26 heavy (non-hydrogen) atoms. The van der Waals surface area contributed by atoms with Crippen LogP contribution in [0.15, 0.2) is 91.0 Å². The summed E-state index contributed by atoms with van der Waals surface area (Å²) in [6.45, 7) is 0.858. The summed E-state index contributed by atoms with van der Waals surface area (Å²) < 4.78 is 27.7. The van der Waals surface area contributed by atoms with Crippen LogP contribution in [0.25, 0.3) is 0 Å². The van der Waals surface area contributed by atoms with Gasteiger partial charge < -0.3 is 0 Å². The Kier molecular flexibility index (Phi) is 6.21. The Balaban J connectivity index is 1.79. The molecule has 0 aliphatic heterocycles. The zero-order valence-electron chi connectivity index (χ0n) is 14.7. The lowest BCUT2D eigenvalue weighted by Gasteiger charge is -2.22. The van der Waals surface area contributed by atoms with Crippen LogP contribution in [0.2, 0.25) is 0 Å². The SMILES string of the molecule is O=S(=O)(Cc1ccccc1)N(CCc1ccccc1)Cc1ccccc1. The average Bonchev–Trinajstić information content (AvgIpc) is 2.67. The van der Waals surface area contributed by atoms with Crippen LogP contribution >= 0.6 is 0 Å². The zero-order chi connectivity index (χ0) is 18.2. The average molecular weight is 365 g/mol. The molecule has 0 aromatic heterocycles. The van der Waals surface area contributed by atoms with Crippen molar-refractivity contribution in [3.63, 3.8) is 0 Å². The van der Waals surface area contributed by atoms with Gasteiger partial charge in [0.15, 0.2) is 0 Å². The maximum Gasteiger partial charge on any atom is 0.218 e. The minimum Gasteiger partial charge on any atom is -0.212 e. The van der Waals surface area contributed by atoms with E-state index in [0.29, 0.717) is 19.5 Å². The molecule has 3 aromatic carbocycles. The summed E-state index contributed by atoms with van der Waals surface area (Å²) in [4.78, 5) is 0. The molecular formula is C22H23NO2S. The predicted octanol–water partition coefficient (Wildman–Crippen LogP) is 4.26. The van der Waals surface area contributed by atoms with Gasteiger partial charge in [0.05, 0.1) is 5.75 Å². The highest BCUT2D eigenvalue weighted by Gasteiger charge is 2.22. The van der Waals surface area contributed by atoms with E-state index in [9.17, 15) is 8.42 Å². The number of hydrogen-bond acceptors (Lipinski definition) is 2. The van der Waals surface area contributed by atoms with Crippen LogP contribution in [-0.2, 0) is 28.7 Å². The lowest BCUT2D eigenvalue weighted by Crippen LogP contribution is -2.33. The van der Waals surface area contributed by atoms with E-state index in [1.807, 2.05) is 91.0 Å². The molecule has 3 rings (SSSR count). The van der Waals surface area contributed by atoms with Crippen molar-refractivity contribution in [3.05, 3.63) is 108 Å². The molecule has 0 N–H and O–H groups in total. The molecule has 3 nitrogen and oxygen atoms in total. The second-order valence-corrected chi connectivity index (χ2v) is 8.27. The van der Waals surface area contributed by atoms with Gasteiger partial charge in [-0.15, -0.1) is 0 Å². The van der Waals surface area contributed by atoms with E-state index in [2.05, 4.69) is 0 Å². The molecule has 0 amide bonds. The fourth-order valence-corrected chi connectivity index (χ4v) is 4.39. The third kappa shape index (κ3) is 5.28. The second-order valence-electron chi connectivity index (χ2n) is 6.30. The lowest BCUT2D eigenvalue weighted by atomic mass is 10.1. The van der Waals surface area contributed by atoms with Gasteiger partial charge in [0, 0.05) is 13.1 Å². The van der Waals surface area contributed by atoms with Crippen molar-refractivity contribution >= 4 is 10.0 Å². The van der Waals surface area contributed by atoms with Crippen LogP contribution in [0, 0.1) is 0 Å². The Morgan fingerprint density at radius 1 is 0.615 bits per heavy atom. The third-order valence-electron chi connectivity index (χ3n) is 4.28. The number of rotatable bonds is 8. The van der Waals surface area contributed by atoms with Gasteiger partial charge in [0.1, 0.15) is 0 Å². The standard InChI is InChI=1S/C22H23NO2S/c24-26(25,19-22-14-8-3-9-15-22)23(18-21-12-6-2-7-13-21)17-16-20-10-4-1-5-11-20/h1-15H,16-19H2. The number of hydrogen-bond donors (Lipinski definition) is 0. The van der Waals surface area contributed by atoms with Gasteiger partial charge in [0.25, 0.3) is 0 Å². The Morgan fingerprint density at radius 3 is 1.62 bits per heavy atom. The van der Waals surface area contributed by atoms with E-state index in [1.54, 1.807) is 4.31 Å². The highest BCUT2D eigenvalue weighted by Crippen LogP contribution is 2.16. The van der Waals surface area contributed by atoms with E-state index >= 15 is 0 Å². The fourth-order valence-electron chi connectivity index (χ4n) is 2.88. The molecule has 0 radical (unpaired) electrons. The monoisotopic (exact) mass is 365 g/mol. The van der Waals surface area contributed by atoms with E-state index in [0.717, 1.165) is 16.7 Å². The minimum atomic E-state index is -3.41. The normalized spacial score (nSPS) is 11.6. The van der Waals surface area contributed by atoms with Crippen molar-refractivity contribution in [2.24, 2.45) is 0 Å². The summed E-state index contributed by atoms with van der Waals surface area (Å²) in [5.41, 5.74) is 2.95. The zero-order valence-corrected chi connectivity index (χ0v) is 15.5. The van der Waals surface area contributed by atoms with Gasteiger partial charge in [-0.25, -0.2) is 8.42 Å². The first-order chi connectivity index (χ1) is 12.6. The number of nitrogens with zero attached hydrogens (tertiary/aromatic N) is 1. The van der Waals surface area contributed by atoms with Gasteiger partial charge in [-0.3, -0.25) is 0 Å². The maximum atomic E-state index is 13.1. The van der Waals surface area contributed by atoms with Gasteiger partial charge in [-0.05, 0) is 23.1 Å². The van der Waals surface area contributed by atoms with Gasteiger partial charge >= 0.3 is 0 Å². The lowest BCUT2D eigenvalue weighted by molar-refractivity contribution is 0.409. The van der Waals surface area contributed by atoms with Crippen LogP contribution in [0.4, 0.5) is 0 Å². The van der Waals surface area contributed by atoms with Crippen LogP contribution in [-0.4, -0.2) is 19.3 Å². The molecule has 0 aliphatic rings. The van der Waals surface area contributed by atoms with Crippen LogP contribution in [0.5, 0.6) is 0 Å². The molecule has 134 valence electrons. The van der Waals surface area contributed by atoms with Crippen molar-refractivity contribution < 1.29 is 8.42 Å². The fraction of sp³-hybridized carbons (Fsp3) is 0.182. The van der Waals surface area contributed by atoms with Crippen molar-refractivity contribution in [2.45, 2.75) is 18.7 Å². The Morgan fingerprint density at radius 2 is 1.08 bits per heavy atom. The van der Waals surface area contributed by atoms with Crippen molar-refractivity contribution in [1.29, 1.82) is 0 Å². The molecule has 0 atom stereocenters. The molecule has 0 fully saturated rings. The first kappa shape index (κ1) is 18.4. The Labute approximate surface area is 156 Å². The summed E-state index contributed by atoms with van der Waals surface area (Å²) in [7, 11) is -3.41. The topological polar surface area (TPSA) is 37.4 Å². The quantitative estimate of drug-likeness (QED) is 0.598. The van der Waals surface area contributed by atoms with Crippen molar-refractivity contribution in [1.82, 2.24) is 4.31 Å².